The smallest absolute Gasteiger partial charge is 0.387 e. The number of ether oxygens (including phenoxy) is 1. The van der Waals surface area contributed by atoms with Crippen molar-refractivity contribution in [3.05, 3.63) is 65.2 Å². The predicted octanol–water partition coefficient (Wildman–Crippen LogP) is 3.90. The first-order valence-electron chi connectivity index (χ1n) is 8.47. The molecule has 0 aliphatic rings. The van der Waals surface area contributed by atoms with E-state index >= 15 is 0 Å². The molecule has 0 fully saturated rings. The molecule has 3 N–H and O–H groups in total. The lowest BCUT2D eigenvalue weighted by atomic mass is 9.87. The molecule has 144 valence electrons. The number of alkyl halides is 2. The minimum absolute atomic E-state index is 0.0100. The number of nitrogens with zero attached hydrogens (tertiary/aromatic N) is 1. The second-order valence-electron chi connectivity index (χ2n) is 6.49. The standard InChI is InChI=1S/C20H23F2N3O2/c1-12(2)14-5-4-6-15(11-14)17(18(26)25(3)20(23)24)13-7-9-16(10-8-13)27-19(21)22/h4-12,17,19H,1-3H3,(H3,23,24). The van der Waals surface area contributed by atoms with Crippen molar-refractivity contribution in [3.63, 3.8) is 0 Å². The average molecular weight is 375 g/mol. The molecule has 0 radical (unpaired) electrons. The van der Waals surface area contributed by atoms with Crippen LogP contribution in [0, 0.1) is 5.41 Å². The molecule has 0 bridgehead atoms. The topological polar surface area (TPSA) is 79.4 Å². The zero-order chi connectivity index (χ0) is 20.1. The van der Waals surface area contributed by atoms with Gasteiger partial charge in [-0.1, -0.05) is 50.2 Å². The normalized spacial score (nSPS) is 12.1. The summed E-state index contributed by atoms with van der Waals surface area (Å²) in [7, 11) is 1.43. The minimum Gasteiger partial charge on any atom is -0.435 e. The third-order valence-corrected chi connectivity index (χ3v) is 4.29. The molecule has 5 nitrogen and oxygen atoms in total. The molecular formula is C20H23F2N3O2. The van der Waals surface area contributed by atoms with Crippen molar-refractivity contribution < 1.29 is 18.3 Å². The SMILES string of the molecule is CC(C)c1cccc(C(C(=O)N(C)C(=N)N)c2ccc(OC(F)F)cc2)c1. The molecule has 2 rings (SSSR count). The Balaban J connectivity index is 2.48. The van der Waals surface area contributed by atoms with Gasteiger partial charge in [0.2, 0.25) is 5.91 Å². The number of amides is 1. The molecule has 1 amide bonds. The number of halogens is 2. The van der Waals surface area contributed by atoms with Crippen LogP contribution >= 0.6 is 0 Å². The number of carbonyl (C=O) groups excluding carboxylic acids is 1. The zero-order valence-corrected chi connectivity index (χ0v) is 15.4. The largest absolute Gasteiger partial charge is 0.435 e. The van der Waals surface area contributed by atoms with Crippen molar-refractivity contribution in [2.75, 3.05) is 7.05 Å². The predicted molar refractivity (Wildman–Crippen MR) is 100 cm³/mol. The fraction of sp³-hybridized carbons (Fsp3) is 0.300. The van der Waals surface area contributed by atoms with Gasteiger partial charge in [-0.05, 0) is 34.7 Å². The number of likely N-dealkylation sites (N-methyl/N-ethyl adjacent to an activating group) is 1. The van der Waals surface area contributed by atoms with Gasteiger partial charge in [-0.15, -0.1) is 0 Å². The highest BCUT2D eigenvalue weighted by molar-refractivity contribution is 5.99. The Labute approximate surface area is 157 Å². The van der Waals surface area contributed by atoms with Crippen molar-refractivity contribution in [2.45, 2.75) is 32.3 Å². The van der Waals surface area contributed by atoms with E-state index in [9.17, 15) is 13.6 Å². The maximum atomic E-state index is 13.0. The molecule has 1 unspecified atom stereocenters. The molecule has 0 saturated heterocycles. The van der Waals surface area contributed by atoms with Crippen molar-refractivity contribution >= 4 is 11.9 Å². The number of nitrogens with one attached hydrogen (secondary N) is 1. The Bertz CT molecular complexity index is 807. The first kappa shape index (κ1) is 20.4. The van der Waals surface area contributed by atoms with E-state index in [1.54, 1.807) is 12.1 Å². The van der Waals surface area contributed by atoms with Gasteiger partial charge in [0.15, 0.2) is 5.96 Å². The highest BCUT2D eigenvalue weighted by Gasteiger charge is 2.27. The lowest BCUT2D eigenvalue weighted by molar-refractivity contribution is -0.127. The number of hydrogen-bond donors (Lipinski definition) is 2. The molecule has 0 aromatic heterocycles. The molecule has 0 aliphatic heterocycles. The molecular weight excluding hydrogens is 352 g/mol. The number of benzene rings is 2. The van der Waals surface area contributed by atoms with E-state index in [0.29, 0.717) is 5.56 Å². The zero-order valence-electron chi connectivity index (χ0n) is 15.4. The van der Waals surface area contributed by atoms with Crippen LogP contribution in [0.1, 0.15) is 42.4 Å². The van der Waals surface area contributed by atoms with Crippen LogP contribution in [0.25, 0.3) is 0 Å². The molecule has 0 spiro atoms. The van der Waals surface area contributed by atoms with Crippen LogP contribution in [-0.2, 0) is 4.79 Å². The van der Waals surface area contributed by atoms with Crippen LogP contribution in [0.5, 0.6) is 5.75 Å². The van der Waals surface area contributed by atoms with Crippen LogP contribution in [-0.4, -0.2) is 30.4 Å². The van der Waals surface area contributed by atoms with Crippen molar-refractivity contribution in [1.82, 2.24) is 4.90 Å². The van der Waals surface area contributed by atoms with Crippen LogP contribution in [0.4, 0.5) is 8.78 Å². The van der Waals surface area contributed by atoms with E-state index in [1.165, 1.54) is 19.2 Å². The lowest BCUT2D eigenvalue weighted by Gasteiger charge is -2.24. The summed E-state index contributed by atoms with van der Waals surface area (Å²) in [5, 5.41) is 7.55. The van der Waals surface area contributed by atoms with Gasteiger partial charge in [-0.2, -0.15) is 8.78 Å². The highest BCUT2D eigenvalue weighted by atomic mass is 19.3. The van der Waals surface area contributed by atoms with Gasteiger partial charge in [0.05, 0.1) is 5.92 Å². The summed E-state index contributed by atoms with van der Waals surface area (Å²) < 4.78 is 29.1. The van der Waals surface area contributed by atoms with Gasteiger partial charge in [0.25, 0.3) is 0 Å². The lowest BCUT2D eigenvalue weighted by Crippen LogP contribution is -2.41. The summed E-state index contributed by atoms with van der Waals surface area (Å²) in [6.07, 6.45) is 0. The molecule has 2 aromatic rings. The first-order chi connectivity index (χ1) is 12.7. The number of hydrogen-bond acceptors (Lipinski definition) is 3. The van der Waals surface area contributed by atoms with E-state index in [-0.39, 0.29) is 23.5 Å². The first-order valence-corrected chi connectivity index (χ1v) is 8.47. The van der Waals surface area contributed by atoms with E-state index in [2.05, 4.69) is 4.74 Å². The monoisotopic (exact) mass is 375 g/mol. The number of guanidine groups is 1. The molecule has 0 heterocycles. The Morgan fingerprint density at radius 3 is 2.19 bits per heavy atom. The second kappa shape index (κ2) is 8.62. The van der Waals surface area contributed by atoms with Crippen molar-refractivity contribution in [3.8, 4) is 5.75 Å². The fourth-order valence-electron chi connectivity index (χ4n) is 2.73. The van der Waals surface area contributed by atoms with Crippen molar-refractivity contribution in [2.24, 2.45) is 5.73 Å². The van der Waals surface area contributed by atoms with Crippen LogP contribution in [0.2, 0.25) is 0 Å². The number of nitrogens with two attached hydrogens (primary N) is 1. The minimum atomic E-state index is -2.92. The summed E-state index contributed by atoms with van der Waals surface area (Å²) in [6.45, 7) is 1.18. The molecule has 0 saturated carbocycles. The highest BCUT2D eigenvalue weighted by Crippen LogP contribution is 2.30. The maximum Gasteiger partial charge on any atom is 0.387 e. The van der Waals surface area contributed by atoms with E-state index in [1.807, 2.05) is 38.1 Å². The van der Waals surface area contributed by atoms with Crippen molar-refractivity contribution in [1.29, 1.82) is 5.41 Å². The van der Waals surface area contributed by atoms with Gasteiger partial charge >= 0.3 is 6.61 Å². The third-order valence-electron chi connectivity index (χ3n) is 4.29. The van der Waals surface area contributed by atoms with Gasteiger partial charge < -0.3 is 10.5 Å². The fourth-order valence-corrected chi connectivity index (χ4v) is 2.73. The molecule has 1 atom stereocenters. The number of carbonyl (C=O) groups is 1. The number of rotatable bonds is 6. The maximum absolute atomic E-state index is 13.0. The quantitative estimate of drug-likeness (QED) is 0.594. The molecule has 7 heteroatoms. The summed E-state index contributed by atoms with van der Waals surface area (Å²) in [5.74, 6) is -1.20. The average Bonchev–Trinajstić information content (AvgIpc) is 2.62. The van der Waals surface area contributed by atoms with Gasteiger partial charge in [0.1, 0.15) is 5.75 Å². The Hall–Kier alpha value is -2.96. The summed E-state index contributed by atoms with van der Waals surface area (Å²) in [6, 6.07) is 13.5. The van der Waals surface area contributed by atoms with Crippen LogP contribution in [0.3, 0.4) is 0 Å². The van der Waals surface area contributed by atoms with E-state index in [4.69, 9.17) is 11.1 Å². The molecule has 27 heavy (non-hydrogen) atoms. The third kappa shape index (κ3) is 5.03. The Morgan fingerprint density at radius 1 is 1.07 bits per heavy atom. The Morgan fingerprint density at radius 2 is 1.67 bits per heavy atom. The van der Waals surface area contributed by atoms with Gasteiger partial charge in [-0.3, -0.25) is 15.1 Å². The van der Waals surface area contributed by atoms with E-state index in [0.717, 1.165) is 16.0 Å². The molecule has 0 aliphatic carbocycles. The molecule has 2 aromatic carbocycles. The second-order valence-corrected chi connectivity index (χ2v) is 6.49. The summed E-state index contributed by atoms with van der Waals surface area (Å²) >= 11 is 0. The van der Waals surface area contributed by atoms with Gasteiger partial charge in [0, 0.05) is 7.05 Å². The Kier molecular flexibility index (Phi) is 6.50. The summed E-state index contributed by atoms with van der Waals surface area (Å²) in [5.41, 5.74) is 7.87. The van der Waals surface area contributed by atoms with Crippen LogP contribution in [0.15, 0.2) is 48.5 Å². The van der Waals surface area contributed by atoms with Crippen LogP contribution < -0.4 is 10.5 Å². The van der Waals surface area contributed by atoms with E-state index < -0.39 is 12.5 Å². The summed E-state index contributed by atoms with van der Waals surface area (Å²) in [4.78, 5) is 14.0. The van der Waals surface area contributed by atoms with Gasteiger partial charge in [-0.25, -0.2) is 0 Å².